The van der Waals surface area contributed by atoms with E-state index in [2.05, 4.69) is 41.8 Å². The molecule has 20 nitrogen and oxygen atoms in total. The Bertz CT molecular complexity index is 2470. The lowest BCUT2D eigenvalue weighted by Crippen LogP contribution is -2.49. The second-order valence-electron chi connectivity index (χ2n) is 13.0. The van der Waals surface area contributed by atoms with Crippen molar-refractivity contribution in [1.82, 2.24) is 40.1 Å². The Balaban J connectivity index is 1.14. The van der Waals surface area contributed by atoms with Crippen LogP contribution in [0.3, 0.4) is 0 Å². The molecule has 0 radical (unpaired) electrons. The van der Waals surface area contributed by atoms with Crippen molar-refractivity contribution in [3.05, 3.63) is 89.3 Å². The number of nitrogens with zero attached hydrogens (tertiary/aromatic N) is 5. The number of likely N-dealkylation sites (tertiary alicyclic amines) is 1. The van der Waals surface area contributed by atoms with Crippen LogP contribution in [-0.4, -0.2) is 105 Å². The second-order valence-corrected chi connectivity index (χ2v) is 15.2. The molecule has 57 heavy (non-hydrogen) atoms. The number of sulfonamides is 1. The zero-order valence-electron chi connectivity index (χ0n) is 29.9. The first-order valence-electron chi connectivity index (χ1n) is 17.1. The highest BCUT2D eigenvalue weighted by Crippen LogP contribution is 2.25. The van der Waals surface area contributed by atoms with Crippen LogP contribution < -0.4 is 26.0 Å². The third kappa shape index (κ3) is 10.3. The number of amides is 6. The standard InChI is InChI=1S/C35H34ClN11O9S/c1-57(55,56)43-30(48)20-10-12-46(13-11-20)35(54)39-23-5-2-19(3-6-23)14-27(31(49)38-24-7-8-25-21(15-24)16-28(40-25)34(52)53)42-33(51)32(50)41-26-17-22(36)4-9-29(26)47-18-37-44-45-47/h2-9,15-18,20,27,40H,10-14H2,1H3,(H,38,49)(H,39,54)(H,41,50)(H,42,51)(H,43,48)(H,52,53)/t27-/m0/s1. The van der Waals surface area contributed by atoms with Gasteiger partial charge in [0, 0.05) is 52.7 Å². The molecule has 2 aromatic heterocycles. The molecule has 6 amide bonds. The van der Waals surface area contributed by atoms with E-state index < -0.39 is 57.6 Å². The fourth-order valence-electron chi connectivity index (χ4n) is 6.02. The quantitative estimate of drug-likeness (QED) is 0.0945. The molecule has 1 saturated heterocycles. The van der Waals surface area contributed by atoms with Crippen LogP contribution in [0.5, 0.6) is 0 Å². The third-order valence-electron chi connectivity index (χ3n) is 8.83. The molecule has 0 aliphatic carbocycles. The Kier molecular flexibility index (Phi) is 11.8. The number of fused-ring (bicyclic) bond motifs is 1. The SMILES string of the molecule is CS(=O)(=O)NC(=O)C1CCN(C(=O)Nc2ccc(C[C@H](NC(=O)C(=O)Nc3cc(Cl)ccc3-n3cnnn3)C(=O)Nc3ccc4[nH]c(C(=O)O)cc4c3)cc2)CC1. The van der Waals surface area contributed by atoms with Gasteiger partial charge in [0.1, 0.15) is 18.1 Å². The number of urea groups is 1. The fourth-order valence-corrected chi connectivity index (χ4v) is 6.72. The Labute approximate surface area is 328 Å². The van der Waals surface area contributed by atoms with E-state index in [1.54, 1.807) is 36.4 Å². The molecule has 296 valence electrons. The minimum atomic E-state index is -3.70. The van der Waals surface area contributed by atoms with E-state index in [9.17, 15) is 42.3 Å². The van der Waals surface area contributed by atoms with E-state index in [1.807, 2.05) is 4.72 Å². The van der Waals surface area contributed by atoms with Gasteiger partial charge in [-0.05, 0) is 83.4 Å². The molecule has 22 heteroatoms. The van der Waals surface area contributed by atoms with Crippen LogP contribution in [0, 0.1) is 5.92 Å². The van der Waals surface area contributed by atoms with Gasteiger partial charge in [0.05, 0.1) is 17.6 Å². The van der Waals surface area contributed by atoms with Gasteiger partial charge in [-0.3, -0.25) is 23.9 Å². The molecule has 1 aliphatic rings. The van der Waals surface area contributed by atoms with Crippen LogP contribution in [0.1, 0.15) is 28.9 Å². The molecule has 5 aromatic rings. The smallest absolute Gasteiger partial charge is 0.352 e. The molecule has 1 aliphatic heterocycles. The van der Waals surface area contributed by atoms with Crippen molar-refractivity contribution in [1.29, 1.82) is 0 Å². The monoisotopic (exact) mass is 819 g/mol. The zero-order chi connectivity index (χ0) is 40.9. The van der Waals surface area contributed by atoms with Gasteiger partial charge in [-0.2, -0.15) is 4.68 Å². The maximum absolute atomic E-state index is 13.7. The summed E-state index contributed by atoms with van der Waals surface area (Å²) in [5.74, 6) is -5.31. The minimum Gasteiger partial charge on any atom is -0.477 e. The topological polar surface area (TPSA) is 280 Å². The number of tetrazole rings is 1. The first-order valence-corrected chi connectivity index (χ1v) is 19.4. The highest BCUT2D eigenvalue weighted by molar-refractivity contribution is 7.89. The lowest BCUT2D eigenvalue weighted by Gasteiger charge is -2.31. The number of carboxylic acids is 1. The average Bonchev–Trinajstić information content (AvgIpc) is 3.86. The van der Waals surface area contributed by atoms with Crippen LogP contribution in [0.25, 0.3) is 16.6 Å². The number of anilines is 3. The third-order valence-corrected chi connectivity index (χ3v) is 9.64. The van der Waals surface area contributed by atoms with Crippen molar-refractivity contribution in [2.45, 2.75) is 25.3 Å². The zero-order valence-corrected chi connectivity index (χ0v) is 31.4. The molecule has 3 heterocycles. The highest BCUT2D eigenvalue weighted by atomic mass is 35.5. The molecule has 1 atom stereocenters. The summed E-state index contributed by atoms with van der Waals surface area (Å²) in [5.41, 5.74) is 2.11. The number of halogens is 1. The van der Waals surface area contributed by atoms with E-state index >= 15 is 0 Å². The Morgan fingerprint density at radius 3 is 2.30 bits per heavy atom. The van der Waals surface area contributed by atoms with E-state index in [4.69, 9.17) is 11.6 Å². The molecular formula is C35H34ClN11O9S. The maximum Gasteiger partial charge on any atom is 0.352 e. The average molecular weight is 820 g/mol. The van der Waals surface area contributed by atoms with Gasteiger partial charge in [0.25, 0.3) is 0 Å². The molecule has 0 unspecified atom stereocenters. The van der Waals surface area contributed by atoms with Crippen LogP contribution >= 0.6 is 11.6 Å². The van der Waals surface area contributed by atoms with Gasteiger partial charge < -0.3 is 36.3 Å². The highest BCUT2D eigenvalue weighted by Gasteiger charge is 2.29. The van der Waals surface area contributed by atoms with E-state index in [1.165, 1.54) is 46.2 Å². The summed E-state index contributed by atoms with van der Waals surface area (Å²) in [6.45, 7) is 0.452. The van der Waals surface area contributed by atoms with Crippen molar-refractivity contribution in [2.24, 2.45) is 5.92 Å². The number of hydrogen-bond acceptors (Lipinski definition) is 11. The van der Waals surface area contributed by atoms with E-state index in [-0.39, 0.29) is 54.4 Å². The fraction of sp³-hybridized carbons (Fsp3) is 0.229. The van der Waals surface area contributed by atoms with Crippen molar-refractivity contribution in [3.63, 3.8) is 0 Å². The number of carbonyl (C=O) groups excluding carboxylic acids is 5. The Morgan fingerprint density at radius 2 is 1.63 bits per heavy atom. The maximum atomic E-state index is 13.7. The molecule has 0 spiro atoms. The second kappa shape index (κ2) is 16.9. The predicted octanol–water partition coefficient (Wildman–Crippen LogP) is 2.12. The first-order chi connectivity index (χ1) is 27.1. The van der Waals surface area contributed by atoms with Crippen LogP contribution in [0.15, 0.2) is 73.1 Å². The van der Waals surface area contributed by atoms with Crippen molar-refractivity contribution in [2.75, 3.05) is 35.3 Å². The normalized spacial score (nSPS) is 13.7. The van der Waals surface area contributed by atoms with Crippen LogP contribution in [0.4, 0.5) is 21.9 Å². The number of aromatic nitrogens is 5. The number of rotatable bonds is 11. The number of benzene rings is 3. The molecule has 0 saturated carbocycles. The summed E-state index contributed by atoms with van der Waals surface area (Å²) < 4.78 is 26.0. The van der Waals surface area contributed by atoms with Gasteiger partial charge in [0.15, 0.2) is 0 Å². The predicted molar refractivity (Wildman–Crippen MR) is 205 cm³/mol. The minimum absolute atomic E-state index is 0.0484. The lowest BCUT2D eigenvalue weighted by atomic mass is 9.96. The van der Waals surface area contributed by atoms with Gasteiger partial charge in [0.2, 0.25) is 21.8 Å². The summed E-state index contributed by atoms with van der Waals surface area (Å²) in [7, 11) is -3.70. The molecule has 7 N–H and O–H groups in total. The summed E-state index contributed by atoms with van der Waals surface area (Å²) in [5, 5.41) is 31.5. The molecule has 0 bridgehead atoms. The molecule has 1 fully saturated rings. The lowest BCUT2D eigenvalue weighted by molar-refractivity contribution is -0.137. The number of piperidine rings is 1. The number of hydrogen-bond donors (Lipinski definition) is 7. The number of nitrogens with one attached hydrogen (secondary N) is 6. The number of aromatic amines is 1. The number of aromatic carboxylic acids is 1. The van der Waals surface area contributed by atoms with Gasteiger partial charge in [-0.1, -0.05) is 23.7 Å². The summed E-state index contributed by atoms with van der Waals surface area (Å²) in [4.78, 5) is 81.1. The summed E-state index contributed by atoms with van der Waals surface area (Å²) in [6, 6.07) is 15.2. The largest absolute Gasteiger partial charge is 0.477 e. The van der Waals surface area contributed by atoms with Gasteiger partial charge >= 0.3 is 23.8 Å². The molecular weight excluding hydrogens is 786 g/mol. The van der Waals surface area contributed by atoms with Crippen LogP contribution in [-0.2, 0) is 35.6 Å². The Hall–Kier alpha value is -6.87. The van der Waals surface area contributed by atoms with Crippen molar-refractivity contribution >= 4 is 85.2 Å². The number of carbonyl (C=O) groups is 6. The van der Waals surface area contributed by atoms with Crippen LogP contribution in [0.2, 0.25) is 5.02 Å². The van der Waals surface area contributed by atoms with E-state index in [0.29, 0.717) is 27.8 Å². The van der Waals surface area contributed by atoms with Crippen molar-refractivity contribution < 1.29 is 42.3 Å². The molecule has 6 rings (SSSR count). The van der Waals surface area contributed by atoms with E-state index in [0.717, 1.165) is 6.26 Å². The van der Waals surface area contributed by atoms with Gasteiger partial charge in [-0.25, -0.2) is 18.0 Å². The Morgan fingerprint density at radius 1 is 0.912 bits per heavy atom. The molecule has 3 aromatic carbocycles. The summed E-state index contributed by atoms with van der Waals surface area (Å²) in [6.07, 6.45) is 2.63. The number of carboxylic acid groups (broad SMARTS) is 1. The van der Waals surface area contributed by atoms with Gasteiger partial charge in [-0.15, -0.1) is 5.10 Å². The number of H-pyrrole nitrogens is 1. The first kappa shape index (κ1) is 39.8. The van der Waals surface area contributed by atoms with Crippen molar-refractivity contribution in [3.8, 4) is 5.69 Å². The summed E-state index contributed by atoms with van der Waals surface area (Å²) >= 11 is 6.15.